The summed E-state index contributed by atoms with van der Waals surface area (Å²) in [5.74, 6) is 0.252. The minimum absolute atomic E-state index is 0. The van der Waals surface area contributed by atoms with Gasteiger partial charge in [0, 0.05) is 24.9 Å². The van der Waals surface area contributed by atoms with Crippen LogP contribution in [0.5, 0.6) is 0 Å². The first-order chi connectivity index (χ1) is 24.8. The van der Waals surface area contributed by atoms with Crippen molar-refractivity contribution in [2.45, 2.75) is 0 Å². The zero-order valence-corrected chi connectivity index (χ0v) is 28.9. The van der Waals surface area contributed by atoms with Crippen molar-refractivity contribution >= 4 is 61.3 Å². The molecule has 0 spiro atoms. The number of para-hydroxylation sites is 2. The molecule has 254 valence electrons. The van der Waals surface area contributed by atoms with Crippen molar-refractivity contribution in [1.82, 2.24) is 28.2 Å². The molecule has 12 nitrogen and oxygen atoms in total. The SMILES string of the molecule is Cn1c2ccccc2c2c1cc(C#N)c(=O)n2-c1ccc(Cl)nc1.[C-]#N.[C-]#[N+]c1ccc(-n2c(=O)c(C#N)cc3c2c2ccccc2n3C)cn1.[Cu+]. The van der Waals surface area contributed by atoms with Crippen LogP contribution >= 0.6 is 11.6 Å². The van der Waals surface area contributed by atoms with Crippen LogP contribution in [0.3, 0.4) is 0 Å². The maximum absolute atomic E-state index is 12.9. The Morgan fingerprint density at radius 1 is 0.673 bits per heavy atom. The van der Waals surface area contributed by atoms with Crippen LogP contribution in [0.25, 0.3) is 60.1 Å². The number of aryl methyl sites for hydroxylation is 2. The summed E-state index contributed by atoms with van der Waals surface area (Å²) in [6, 6.07) is 29.4. The number of pyridine rings is 4. The Bertz CT molecular complexity index is 2940. The molecule has 0 aliphatic carbocycles. The predicted octanol–water partition coefficient (Wildman–Crippen LogP) is 6.80. The molecule has 0 unspecified atom stereocenters. The molecule has 2 aromatic carbocycles. The van der Waals surface area contributed by atoms with E-state index in [-0.39, 0.29) is 39.6 Å². The standard InChI is InChI=1S/C19H11N5O.C18H11ClN4O.CN.Cu/c1-21-17-8-7-13(11-22-17)24-18-14-5-3-4-6-15(14)23(2)16(18)9-12(10-20)19(24)25;1-22-14-5-3-2-4-13(14)17-15(22)8-11(9-20)18(24)23(17)12-6-7-16(19)21-10-12;1-2;/h3-9,11H,2H3;2-8,10H,1H3;;/q;;-1;+1. The molecule has 0 aliphatic heterocycles. The zero-order chi connectivity index (χ0) is 36.4. The summed E-state index contributed by atoms with van der Waals surface area (Å²) < 4.78 is 6.96. The summed E-state index contributed by atoms with van der Waals surface area (Å²) >= 11 is 5.86. The van der Waals surface area contributed by atoms with Gasteiger partial charge in [0.1, 0.15) is 34.6 Å². The van der Waals surface area contributed by atoms with E-state index in [4.69, 9.17) is 30.0 Å². The Morgan fingerprint density at radius 2 is 1.12 bits per heavy atom. The van der Waals surface area contributed by atoms with E-state index in [1.54, 1.807) is 36.4 Å². The molecule has 0 amide bonds. The Kier molecular flexibility index (Phi) is 10.4. The quantitative estimate of drug-likeness (QED) is 0.107. The van der Waals surface area contributed by atoms with Crippen LogP contribution in [0, 0.1) is 41.1 Å². The number of benzene rings is 2. The van der Waals surface area contributed by atoms with Crippen LogP contribution in [0.4, 0.5) is 5.82 Å². The van der Waals surface area contributed by atoms with Gasteiger partial charge in [-0.15, -0.1) is 4.98 Å². The third kappa shape index (κ3) is 5.94. The molecule has 8 aromatic rings. The van der Waals surface area contributed by atoms with Crippen LogP contribution in [-0.4, -0.2) is 28.2 Å². The first-order valence-electron chi connectivity index (χ1n) is 15.0. The number of halogens is 1. The van der Waals surface area contributed by atoms with Crippen molar-refractivity contribution in [3.05, 3.63) is 152 Å². The third-order valence-corrected chi connectivity index (χ3v) is 8.66. The molecular formula is C38H22ClCuN10O2. The van der Waals surface area contributed by atoms with Crippen LogP contribution in [0.2, 0.25) is 5.15 Å². The fourth-order valence-corrected chi connectivity index (χ4v) is 6.27. The molecule has 0 radical (unpaired) electrons. The van der Waals surface area contributed by atoms with Gasteiger partial charge in [0.05, 0.1) is 50.7 Å². The van der Waals surface area contributed by atoms with Gasteiger partial charge in [-0.1, -0.05) is 54.6 Å². The molecule has 0 N–H and O–H groups in total. The largest absolute Gasteiger partial charge is 1.00 e. The molecule has 0 saturated heterocycles. The second-order valence-corrected chi connectivity index (χ2v) is 11.5. The van der Waals surface area contributed by atoms with E-state index in [2.05, 4.69) is 14.8 Å². The Morgan fingerprint density at radius 3 is 1.50 bits per heavy atom. The molecule has 14 heteroatoms. The number of fused-ring (bicyclic) bond motifs is 6. The van der Waals surface area contributed by atoms with Crippen molar-refractivity contribution in [3.8, 4) is 23.5 Å². The summed E-state index contributed by atoms with van der Waals surface area (Å²) in [5.41, 5.74) is 5.49. The van der Waals surface area contributed by atoms with E-state index < -0.39 is 5.56 Å². The van der Waals surface area contributed by atoms with Crippen molar-refractivity contribution < 1.29 is 17.1 Å². The van der Waals surface area contributed by atoms with Gasteiger partial charge in [-0.3, -0.25) is 18.7 Å². The molecule has 8 rings (SSSR count). The van der Waals surface area contributed by atoms with Gasteiger partial charge in [-0.2, -0.15) is 10.5 Å². The van der Waals surface area contributed by atoms with Crippen LogP contribution in [-0.2, 0) is 31.2 Å². The van der Waals surface area contributed by atoms with Gasteiger partial charge >= 0.3 is 17.1 Å². The summed E-state index contributed by atoms with van der Waals surface area (Å²) in [7, 11) is 3.82. The molecule has 52 heavy (non-hydrogen) atoms. The number of nitriles is 2. The molecule has 0 bridgehead atoms. The fourth-order valence-electron chi connectivity index (χ4n) is 6.16. The van der Waals surface area contributed by atoms with Crippen LogP contribution < -0.4 is 11.1 Å². The van der Waals surface area contributed by atoms with Gasteiger partial charge in [0.15, 0.2) is 0 Å². The monoisotopic (exact) mass is 748 g/mol. The smallest absolute Gasteiger partial charge is 0.512 e. The number of rotatable bonds is 2. The average molecular weight is 750 g/mol. The maximum Gasteiger partial charge on any atom is 1.00 e. The van der Waals surface area contributed by atoms with Gasteiger partial charge in [-0.05, 0) is 48.5 Å². The van der Waals surface area contributed by atoms with Crippen molar-refractivity contribution in [2.75, 3.05) is 0 Å². The van der Waals surface area contributed by atoms with Crippen molar-refractivity contribution in [2.24, 2.45) is 14.1 Å². The van der Waals surface area contributed by atoms with E-state index in [9.17, 15) is 20.1 Å². The maximum atomic E-state index is 12.9. The molecule has 0 saturated carbocycles. The normalized spacial score (nSPS) is 10.3. The number of hydrogen-bond donors (Lipinski definition) is 0. The molecule has 6 aromatic heterocycles. The Hall–Kier alpha value is -6.99. The molecule has 0 aliphatic rings. The minimum atomic E-state index is -0.399. The van der Waals surface area contributed by atoms with E-state index in [0.29, 0.717) is 16.5 Å². The molecule has 0 atom stereocenters. The van der Waals surface area contributed by atoms with E-state index in [1.807, 2.05) is 83.9 Å². The van der Waals surface area contributed by atoms with E-state index in [1.165, 1.54) is 21.5 Å². The summed E-state index contributed by atoms with van der Waals surface area (Å²) in [6.07, 6.45) is 3.02. The zero-order valence-electron chi connectivity index (χ0n) is 27.2. The van der Waals surface area contributed by atoms with E-state index in [0.717, 1.165) is 43.9 Å². The molecule has 0 fully saturated rings. The van der Waals surface area contributed by atoms with Crippen molar-refractivity contribution in [3.63, 3.8) is 0 Å². The third-order valence-electron chi connectivity index (χ3n) is 8.44. The average Bonchev–Trinajstić information content (AvgIpc) is 3.62. The Labute approximate surface area is 311 Å². The number of aromatic nitrogens is 6. The first-order valence-corrected chi connectivity index (χ1v) is 15.4. The predicted molar refractivity (Wildman–Crippen MR) is 193 cm³/mol. The second kappa shape index (κ2) is 14.9. The van der Waals surface area contributed by atoms with Crippen LogP contribution in [0.15, 0.2) is 107 Å². The van der Waals surface area contributed by atoms with Gasteiger partial charge in [0.2, 0.25) is 0 Å². The van der Waals surface area contributed by atoms with Crippen molar-refractivity contribution in [1.29, 1.82) is 15.8 Å². The summed E-state index contributed by atoms with van der Waals surface area (Å²) in [4.78, 5) is 37.1. The summed E-state index contributed by atoms with van der Waals surface area (Å²) in [5, 5.41) is 27.2. The number of hydrogen-bond acceptors (Lipinski definition) is 7. The van der Waals surface area contributed by atoms with Gasteiger partial charge in [-0.25, -0.2) is 4.98 Å². The minimum Gasteiger partial charge on any atom is -0.512 e. The summed E-state index contributed by atoms with van der Waals surface area (Å²) in [6.45, 7) is 11.8. The molecule has 6 heterocycles. The molecular weight excluding hydrogens is 727 g/mol. The fraction of sp³-hybridized carbons (Fsp3) is 0.0526. The van der Waals surface area contributed by atoms with Gasteiger partial charge in [0.25, 0.3) is 16.9 Å². The Balaban J connectivity index is 0.000000189. The van der Waals surface area contributed by atoms with Gasteiger partial charge < -0.3 is 25.8 Å². The first kappa shape index (κ1) is 36.3. The van der Waals surface area contributed by atoms with Crippen LogP contribution in [0.1, 0.15) is 11.1 Å². The van der Waals surface area contributed by atoms with E-state index >= 15 is 0 Å². The number of nitrogens with zero attached hydrogens (tertiary/aromatic N) is 10. The second-order valence-electron chi connectivity index (χ2n) is 11.1. The topological polar surface area (TPSA) is 155 Å².